The molecule has 102 valence electrons. The number of amides is 1. The summed E-state index contributed by atoms with van der Waals surface area (Å²) in [6.07, 6.45) is 3.39. The summed E-state index contributed by atoms with van der Waals surface area (Å²) in [5.74, 6) is -0.0776. The molecule has 2 aromatic rings. The molecule has 0 aliphatic heterocycles. The summed E-state index contributed by atoms with van der Waals surface area (Å²) in [4.78, 5) is 11.7. The molecular formula is C18H19NO. The first-order valence-electron chi connectivity index (χ1n) is 6.71. The van der Waals surface area contributed by atoms with E-state index >= 15 is 0 Å². The topological polar surface area (TPSA) is 29.1 Å². The molecule has 1 N–H and O–H groups in total. The number of nitrogens with one attached hydrogen (secondary N) is 1. The second-order valence-corrected chi connectivity index (χ2v) is 4.95. The van der Waals surface area contributed by atoms with Gasteiger partial charge in [-0.1, -0.05) is 59.7 Å². The standard InChI is InChI=1S/C18H19NO/c1-14-3-7-16(8-4-14)11-12-18(20)19-13-17-9-5-15(2)6-10-17/h3-12H,13H2,1-2H3,(H,19,20)/b12-11+. The highest BCUT2D eigenvalue weighted by Gasteiger charge is 1.96. The van der Waals surface area contributed by atoms with Gasteiger partial charge in [0.2, 0.25) is 5.91 Å². The van der Waals surface area contributed by atoms with E-state index in [0.717, 1.165) is 11.1 Å². The molecule has 0 aliphatic rings. The van der Waals surface area contributed by atoms with Crippen molar-refractivity contribution in [1.29, 1.82) is 0 Å². The van der Waals surface area contributed by atoms with E-state index in [1.54, 1.807) is 6.08 Å². The van der Waals surface area contributed by atoms with E-state index in [1.165, 1.54) is 11.1 Å². The summed E-state index contributed by atoms with van der Waals surface area (Å²) in [6, 6.07) is 16.2. The van der Waals surface area contributed by atoms with Crippen LogP contribution in [0.25, 0.3) is 6.08 Å². The normalized spacial score (nSPS) is 10.7. The molecule has 0 bridgehead atoms. The molecule has 0 unspecified atom stereocenters. The van der Waals surface area contributed by atoms with Crippen LogP contribution in [0.4, 0.5) is 0 Å². The van der Waals surface area contributed by atoms with Crippen LogP contribution in [0.5, 0.6) is 0 Å². The average molecular weight is 265 g/mol. The van der Waals surface area contributed by atoms with Crippen molar-refractivity contribution in [1.82, 2.24) is 5.32 Å². The lowest BCUT2D eigenvalue weighted by Crippen LogP contribution is -2.20. The van der Waals surface area contributed by atoms with Crippen molar-refractivity contribution >= 4 is 12.0 Å². The van der Waals surface area contributed by atoms with Crippen molar-refractivity contribution in [2.45, 2.75) is 20.4 Å². The van der Waals surface area contributed by atoms with Gasteiger partial charge in [0, 0.05) is 12.6 Å². The molecule has 0 radical (unpaired) electrons. The van der Waals surface area contributed by atoms with E-state index in [1.807, 2.05) is 68.5 Å². The van der Waals surface area contributed by atoms with Crippen molar-refractivity contribution < 1.29 is 4.79 Å². The second-order valence-electron chi connectivity index (χ2n) is 4.95. The Morgan fingerprint density at radius 1 is 0.950 bits per heavy atom. The fourth-order valence-electron chi connectivity index (χ4n) is 1.80. The number of hydrogen-bond acceptors (Lipinski definition) is 1. The highest BCUT2D eigenvalue weighted by molar-refractivity contribution is 5.91. The fraction of sp³-hybridized carbons (Fsp3) is 0.167. The second kappa shape index (κ2) is 6.71. The van der Waals surface area contributed by atoms with Crippen LogP contribution in [0.15, 0.2) is 54.6 Å². The lowest BCUT2D eigenvalue weighted by atomic mass is 10.1. The predicted molar refractivity (Wildman–Crippen MR) is 83.2 cm³/mol. The molecule has 1 amide bonds. The van der Waals surface area contributed by atoms with Gasteiger partial charge in [0.25, 0.3) is 0 Å². The molecule has 0 heterocycles. The molecule has 2 nitrogen and oxygen atoms in total. The van der Waals surface area contributed by atoms with Gasteiger partial charge in [-0.3, -0.25) is 4.79 Å². The van der Waals surface area contributed by atoms with E-state index in [9.17, 15) is 4.79 Å². The molecule has 0 spiro atoms. The maximum atomic E-state index is 11.7. The first-order chi connectivity index (χ1) is 9.63. The van der Waals surface area contributed by atoms with Crippen molar-refractivity contribution in [3.8, 4) is 0 Å². The van der Waals surface area contributed by atoms with Gasteiger partial charge in [-0.05, 0) is 31.1 Å². The van der Waals surface area contributed by atoms with Crippen LogP contribution < -0.4 is 5.32 Å². The van der Waals surface area contributed by atoms with Gasteiger partial charge >= 0.3 is 0 Å². The van der Waals surface area contributed by atoms with Gasteiger partial charge in [-0.15, -0.1) is 0 Å². The van der Waals surface area contributed by atoms with E-state index in [2.05, 4.69) is 5.32 Å². The van der Waals surface area contributed by atoms with Crippen LogP contribution in [0.1, 0.15) is 22.3 Å². The molecule has 0 saturated carbocycles. The lowest BCUT2D eigenvalue weighted by molar-refractivity contribution is -0.116. The predicted octanol–water partition coefficient (Wildman–Crippen LogP) is 3.63. The molecule has 0 aromatic heterocycles. The van der Waals surface area contributed by atoms with Crippen LogP contribution in [0.2, 0.25) is 0 Å². The zero-order chi connectivity index (χ0) is 14.4. The third-order valence-corrected chi connectivity index (χ3v) is 3.09. The van der Waals surface area contributed by atoms with Crippen molar-refractivity contribution in [2.75, 3.05) is 0 Å². The maximum Gasteiger partial charge on any atom is 0.244 e. The summed E-state index contributed by atoms with van der Waals surface area (Å²) >= 11 is 0. The lowest BCUT2D eigenvalue weighted by Gasteiger charge is -2.03. The fourth-order valence-corrected chi connectivity index (χ4v) is 1.80. The van der Waals surface area contributed by atoms with Gasteiger partial charge < -0.3 is 5.32 Å². The Hall–Kier alpha value is -2.35. The molecule has 0 atom stereocenters. The minimum Gasteiger partial charge on any atom is -0.348 e. The number of benzene rings is 2. The van der Waals surface area contributed by atoms with Crippen LogP contribution >= 0.6 is 0 Å². The SMILES string of the molecule is Cc1ccc(/C=C/C(=O)NCc2ccc(C)cc2)cc1. The zero-order valence-electron chi connectivity index (χ0n) is 11.9. The Morgan fingerprint density at radius 3 is 2.10 bits per heavy atom. The Balaban J connectivity index is 1.86. The average Bonchev–Trinajstić information content (AvgIpc) is 2.46. The Labute approximate surface area is 120 Å². The summed E-state index contributed by atoms with van der Waals surface area (Å²) in [5, 5.41) is 2.87. The highest BCUT2D eigenvalue weighted by Crippen LogP contribution is 2.05. The van der Waals surface area contributed by atoms with Gasteiger partial charge in [0.1, 0.15) is 0 Å². The van der Waals surface area contributed by atoms with Crippen molar-refractivity contribution in [3.63, 3.8) is 0 Å². The molecule has 2 aromatic carbocycles. The number of hydrogen-bond donors (Lipinski definition) is 1. The third kappa shape index (κ3) is 4.39. The molecule has 2 rings (SSSR count). The molecule has 20 heavy (non-hydrogen) atoms. The summed E-state index contributed by atoms with van der Waals surface area (Å²) in [6.45, 7) is 4.64. The Morgan fingerprint density at radius 2 is 1.50 bits per heavy atom. The van der Waals surface area contributed by atoms with Gasteiger partial charge in [0.05, 0.1) is 0 Å². The quantitative estimate of drug-likeness (QED) is 0.840. The van der Waals surface area contributed by atoms with Gasteiger partial charge in [-0.25, -0.2) is 0 Å². The molecule has 0 aliphatic carbocycles. The van der Waals surface area contributed by atoms with E-state index in [4.69, 9.17) is 0 Å². The minimum atomic E-state index is -0.0776. The Bertz CT molecular complexity index is 594. The van der Waals surface area contributed by atoms with Crippen molar-refractivity contribution in [2.24, 2.45) is 0 Å². The third-order valence-electron chi connectivity index (χ3n) is 3.09. The summed E-state index contributed by atoms with van der Waals surface area (Å²) in [7, 11) is 0. The van der Waals surface area contributed by atoms with E-state index in [0.29, 0.717) is 6.54 Å². The maximum absolute atomic E-state index is 11.7. The number of carbonyl (C=O) groups excluding carboxylic acids is 1. The molecule has 2 heteroatoms. The first kappa shape index (κ1) is 14.1. The number of aryl methyl sites for hydroxylation is 2. The van der Waals surface area contributed by atoms with Crippen molar-refractivity contribution in [3.05, 3.63) is 76.9 Å². The van der Waals surface area contributed by atoms with Gasteiger partial charge in [0.15, 0.2) is 0 Å². The largest absolute Gasteiger partial charge is 0.348 e. The minimum absolute atomic E-state index is 0.0776. The first-order valence-corrected chi connectivity index (χ1v) is 6.71. The van der Waals surface area contributed by atoms with Crippen LogP contribution in [-0.2, 0) is 11.3 Å². The summed E-state index contributed by atoms with van der Waals surface area (Å²) < 4.78 is 0. The van der Waals surface area contributed by atoms with Crippen LogP contribution in [0, 0.1) is 13.8 Å². The van der Waals surface area contributed by atoms with Crippen LogP contribution in [0.3, 0.4) is 0 Å². The zero-order valence-corrected chi connectivity index (χ0v) is 11.9. The van der Waals surface area contributed by atoms with Gasteiger partial charge in [-0.2, -0.15) is 0 Å². The molecule has 0 saturated heterocycles. The smallest absolute Gasteiger partial charge is 0.244 e. The Kier molecular flexibility index (Phi) is 4.72. The molecule has 0 fully saturated rings. The van der Waals surface area contributed by atoms with Crippen LogP contribution in [-0.4, -0.2) is 5.91 Å². The van der Waals surface area contributed by atoms with E-state index in [-0.39, 0.29) is 5.91 Å². The highest BCUT2D eigenvalue weighted by atomic mass is 16.1. The number of rotatable bonds is 4. The molecular weight excluding hydrogens is 246 g/mol. The monoisotopic (exact) mass is 265 g/mol. The van der Waals surface area contributed by atoms with E-state index < -0.39 is 0 Å². The number of carbonyl (C=O) groups is 1. The summed E-state index contributed by atoms with van der Waals surface area (Å²) in [5.41, 5.74) is 4.57.